The normalized spacial score (nSPS) is 10.7. The minimum atomic E-state index is 0.760. The van der Waals surface area contributed by atoms with Crippen LogP contribution in [0.25, 0.3) is 44.8 Å². The molecule has 3 aromatic carbocycles. The Labute approximate surface area is 182 Å². The minimum absolute atomic E-state index is 0.760. The minimum Gasteiger partial charge on any atom is -0.264 e. The average molecular weight is 399 g/mol. The second kappa shape index (κ2) is 8.33. The van der Waals surface area contributed by atoms with Gasteiger partial charge in [-0.2, -0.15) is 0 Å². The van der Waals surface area contributed by atoms with E-state index in [-0.39, 0.29) is 0 Å². The molecule has 0 atom stereocenters. The Bertz CT molecular complexity index is 1190. The molecule has 5 aromatic rings. The van der Waals surface area contributed by atoms with Gasteiger partial charge in [0, 0.05) is 23.5 Å². The second-order valence-electron chi connectivity index (χ2n) is 7.45. The molecule has 0 radical (unpaired) electrons. The molecule has 31 heavy (non-hydrogen) atoms. The van der Waals surface area contributed by atoms with Crippen LogP contribution in [0.5, 0.6) is 0 Å². The van der Waals surface area contributed by atoms with Crippen LogP contribution in [0.2, 0.25) is 0 Å². The van der Waals surface area contributed by atoms with Gasteiger partial charge in [-0.1, -0.05) is 84.9 Å². The summed E-state index contributed by atoms with van der Waals surface area (Å²) in [6, 6.07) is 33.4. The molecule has 0 saturated carbocycles. The summed E-state index contributed by atoms with van der Waals surface area (Å²) in [6.07, 6.45) is 3.66. The first-order valence-electron chi connectivity index (χ1n) is 10.3. The summed E-state index contributed by atoms with van der Waals surface area (Å²) in [4.78, 5) is 13.6. The maximum Gasteiger partial charge on any atom is 0.126 e. The number of aromatic nitrogens is 3. The molecule has 3 heteroatoms. The molecule has 0 aliphatic rings. The second-order valence-corrected chi connectivity index (χ2v) is 7.45. The first kappa shape index (κ1) is 18.9. The van der Waals surface area contributed by atoms with Crippen LogP contribution in [-0.2, 0) is 0 Å². The SMILES string of the molecule is Cc1nc(-c2ccc(-c3ccccc3)cc2)cc(-c2ccc(-c3cccnc3)cc2)n1. The van der Waals surface area contributed by atoms with E-state index in [0.717, 1.165) is 39.5 Å². The summed E-state index contributed by atoms with van der Waals surface area (Å²) in [5.74, 6) is 0.760. The van der Waals surface area contributed by atoms with Crippen LogP contribution in [0.1, 0.15) is 5.82 Å². The molecule has 3 nitrogen and oxygen atoms in total. The van der Waals surface area contributed by atoms with Gasteiger partial charge in [0.25, 0.3) is 0 Å². The molecule has 0 unspecified atom stereocenters. The molecule has 0 saturated heterocycles. The summed E-state index contributed by atoms with van der Waals surface area (Å²) in [5.41, 5.74) is 8.65. The lowest BCUT2D eigenvalue weighted by Gasteiger charge is -2.09. The number of hydrogen-bond acceptors (Lipinski definition) is 3. The molecule has 0 amide bonds. The molecular formula is C28H21N3. The van der Waals surface area contributed by atoms with Gasteiger partial charge in [-0.25, -0.2) is 9.97 Å². The molecule has 5 rings (SSSR count). The number of hydrogen-bond donors (Lipinski definition) is 0. The lowest BCUT2D eigenvalue weighted by Crippen LogP contribution is -1.95. The molecule has 0 bridgehead atoms. The molecule has 0 N–H and O–H groups in total. The van der Waals surface area contributed by atoms with Crippen LogP contribution in [0.3, 0.4) is 0 Å². The van der Waals surface area contributed by atoms with E-state index in [1.165, 1.54) is 11.1 Å². The maximum atomic E-state index is 4.68. The van der Waals surface area contributed by atoms with E-state index in [1.54, 1.807) is 6.20 Å². The monoisotopic (exact) mass is 399 g/mol. The van der Waals surface area contributed by atoms with Crippen LogP contribution in [0.15, 0.2) is 109 Å². The van der Waals surface area contributed by atoms with Crippen molar-refractivity contribution in [1.29, 1.82) is 0 Å². The lowest BCUT2D eigenvalue weighted by atomic mass is 10.0. The Kier molecular flexibility index (Phi) is 5.07. The van der Waals surface area contributed by atoms with E-state index in [0.29, 0.717) is 0 Å². The van der Waals surface area contributed by atoms with Crippen LogP contribution in [0.4, 0.5) is 0 Å². The van der Waals surface area contributed by atoms with Crippen LogP contribution in [0, 0.1) is 6.92 Å². The zero-order valence-corrected chi connectivity index (χ0v) is 17.2. The standard InChI is InChI=1S/C28H21N3/c1-20-30-27(24-13-9-22(10-14-24)21-6-3-2-4-7-21)18-28(31-20)25-15-11-23(12-16-25)26-8-5-17-29-19-26/h2-19H,1H3. The predicted octanol–water partition coefficient (Wildman–Crippen LogP) is 6.85. The number of aryl methyl sites for hydroxylation is 1. The molecule has 2 aromatic heterocycles. The summed E-state index contributed by atoms with van der Waals surface area (Å²) >= 11 is 0. The molecule has 0 aliphatic heterocycles. The van der Waals surface area contributed by atoms with E-state index >= 15 is 0 Å². The third-order valence-corrected chi connectivity index (χ3v) is 5.30. The number of nitrogens with zero attached hydrogens (tertiary/aromatic N) is 3. The number of pyridine rings is 1. The van der Waals surface area contributed by atoms with Crippen molar-refractivity contribution in [3.8, 4) is 44.8 Å². The van der Waals surface area contributed by atoms with Crippen LogP contribution >= 0.6 is 0 Å². The zero-order chi connectivity index (χ0) is 21.0. The van der Waals surface area contributed by atoms with Crippen LogP contribution < -0.4 is 0 Å². The Hall–Kier alpha value is -4.11. The summed E-state index contributed by atoms with van der Waals surface area (Å²) in [6.45, 7) is 1.94. The molecular weight excluding hydrogens is 378 g/mol. The highest BCUT2D eigenvalue weighted by Crippen LogP contribution is 2.28. The molecule has 148 valence electrons. The molecule has 0 fully saturated rings. The van der Waals surface area contributed by atoms with E-state index < -0.39 is 0 Å². The van der Waals surface area contributed by atoms with Gasteiger partial charge >= 0.3 is 0 Å². The first-order chi connectivity index (χ1) is 15.3. The summed E-state index contributed by atoms with van der Waals surface area (Å²) in [5, 5.41) is 0. The number of benzene rings is 3. The fourth-order valence-corrected chi connectivity index (χ4v) is 3.69. The van der Waals surface area contributed by atoms with E-state index in [2.05, 4.69) is 99.9 Å². The topological polar surface area (TPSA) is 38.7 Å². The van der Waals surface area contributed by atoms with Crippen LogP contribution in [-0.4, -0.2) is 15.0 Å². The zero-order valence-electron chi connectivity index (χ0n) is 17.2. The van der Waals surface area contributed by atoms with Crippen molar-refractivity contribution < 1.29 is 0 Å². The quantitative estimate of drug-likeness (QED) is 0.332. The highest BCUT2D eigenvalue weighted by Gasteiger charge is 2.08. The smallest absolute Gasteiger partial charge is 0.126 e. The van der Waals surface area contributed by atoms with Gasteiger partial charge in [0.1, 0.15) is 5.82 Å². The highest BCUT2D eigenvalue weighted by atomic mass is 14.9. The maximum absolute atomic E-state index is 4.68. The fraction of sp³-hybridized carbons (Fsp3) is 0.0357. The third kappa shape index (κ3) is 4.12. The van der Waals surface area contributed by atoms with Crippen molar-refractivity contribution in [3.05, 3.63) is 115 Å². The van der Waals surface area contributed by atoms with E-state index in [9.17, 15) is 0 Å². The predicted molar refractivity (Wildman–Crippen MR) is 126 cm³/mol. The summed E-state index contributed by atoms with van der Waals surface area (Å²) in [7, 11) is 0. The van der Waals surface area contributed by atoms with Gasteiger partial charge in [0.05, 0.1) is 11.4 Å². The van der Waals surface area contributed by atoms with Crippen molar-refractivity contribution in [3.63, 3.8) is 0 Å². The Morgan fingerprint density at radius 2 is 0.968 bits per heavy atom. The van der Waals surface area contributed by atoms with Crippen molar-refractivity contribution >= 4 is 0 Å². The first-order valence-corrected chi connectivity index (χ1v) is 10.3. The lowest BCUT2D eigenvalue weighted by molar-refractivity contribution is 1.06. The largest absolute Gasteiger partial charge is 0.264 e. The Morgan fingerprint density at radius 1 is 0.484 bits per heavy atom. The molecule has 0 aliphatic carbocycles. The third-order valence-electron chi connectivity index (χ3n) is 5.30. The fourth-order valence-electron chi connectivity index (χ4n) is 3.69. The van der Waals surface area contributed by atoms with Gasteiger partial charge in [-0.15, -0.1) is 0 Å². The van der Waals surface area contributed by atoms with Gasteiger partial charge in [0.15, 0.2) is 0 Å². The van der Waals surface area contributed by atoms with Crippen molar-refractivity contribution in [2.45, 2.75) is 6.92 Å². The summed E-state index contributed by atoms with van der Waals surface area (Å²) < 4.78 is 0. The van der Waals surface area contributed by atoms with E-state index in [1.807, 2.05) is 25.3 Å². The highest BCUT2D eigenvalue weighted by molar-refractivity contribution is 5.73. The van der Waals surface area contributed by atoms with Gasteiger partial charge < -0.3 is 0 Å². The Balaban J connectivity index is 1.45. The van der Waals surface area contributed by atoms with Crippen molar-refractivity contribution in [2.24, 2.45) is 0 Å². The van der Waals surface area contributed by atoms with E-state index in [4.69, 9.17) is 0 Å². The number of rotatable bonds is 4. The average Bonchev–Trinajstić information content (AvgIpc) is 2.85. The molecule has 0 spiro atoms. The Morgan fingerprint density at radius 3 is 1.52 bits per heavy atom. The van der Waals surface area contributed by atoms with Gasteiger partial charge in [-0.05, 0) is 41.3 Å². The van der Waals surface area contributed by atoms with Crippen molar-refractivity contribution in [1.82, 2.24) is 15.0 Å². The van der Waals surface area contributed by atoms with Gasteiger partial charge in [-0.3, -0.25) is 4.98 Å². The molecule has 2 heterocycles. The van der Waals surface area contributed by atoms with Gasteiger partial charge in [0.2, 0.25) is 0 Å². The van der Waals surface area contributed by atoms with Crippen molar-refractivity contribution in [2.75, 3.05) is 0 Å².